The van der Waals surface area contributed by atoms with E-state index in [1.807, 2.05) is 0 Å². The van der Waals surface area contributed by atoms with Gasteiger partial charge in [0.05, 0.1) is 0 Å². The van der Waals surface area contributed by atoms with Crippen LogP contribution < -0.4 is 0 Å². The van der Waals surface area contributed by atoms with Crippen molar-refractivity contribution in [3.8, 4) is 22.3 Å². The quantitative estimate of drug-likeness (QED) is 0.147. The van der Waals surface area contributed by atoms with E-state index in [4.69, 9.17) is 17.0 Å². The Labute approximate surface area is 334 Å². The molecule has 3 unspecified atom stereocenters. The molecule has 0 aromatic heterocycles. The molecule has 0 N–H and O–H groups in total. The summed E-state index contributed by atoms with van der Waals surface area (Å²) in [6.07, 6.45) is 14.8. The molecule has 4 aromatic rings. The molecule has 10 rings (SSSR count). The van der Waals surface area contributed by atoms with Crippen LogP contribution in [0.25, 0.3) is 34.4 Å². The minimum absolute atomic E-state index is 0.0973. The van der Waals surface area contributed by atoms with Crippen molar-refractivity contribution in [1.29, 1.82) is 0 Å². The predicted molar refractivity (Wildman–Crippen MR) is 235 cm³/mol. The van der Waals surface area contributed by atoms with Crippen molar-refractivity contribution in [3.05, 3.63) is 129 Å². The van der Waals surface area contributed by atoms with Crippen LogP contribution in [0.2, 0.25) is 13.1 Å². The van der Waals surface area contributed by atoms with Crippen molar-refractivity contribution in [2.75, 3.05) is 0 Å². The summed E-state index contributed by atoms with van der Waals surface area (Å²) in [6.45, 7) is 16.6. The zero-order valence-electron chi connectivity index (χ0n) is 33.6. The van der Waals surface area contributed by atoms with Gasteiger partial charge in [-0.1, -0.05) is 0 Å². The van der Waals surface area contributed by atoms with Crippen LogP contribution >= 0.6 is 17.0 Å². The van der Waals surface area contributed by atoms with Gasteiger partial charge in [0.2, 0.25) is 0 Å². The molecule has 4 heteroatoms. The van der Waals surface area contributed by atoms with E-state index in [1.165, 1.54) is 99.7 Å². The third kappa shape index (κ3) is 5.72. The van der Waals surface area contributed by atoms with Crippen molar-refractivity contribution >= 4 is 35.1 Å². The summed E-state index contributed by atoms with van der Waals surface area (Å²) >= 11 is -4.86. The van der Waals surface area contributed by atoms with Gasteiger partial charge in [0.25, 0.3) is 0 Å². The van der Waals surface area contributed by atoms with Crippen LogP contribution in [0.5, 0.6) is 0 Å². The molecule has 0 nitrogen and oxygen atoms in total. The summed E-state index contributed by atoms with van der Waals surface area (Å²) in [4.78, 5) is 0. The van der Waals surface area contributed by atoms with Gasteiger partial charge in [0.15, 0.2) is 0 Å². The number of benzene rings is 4. The number of hydrogen-bond donors (Lipinski definition) is 0. The van der Waals surface area contributed by atoms with Crippen molar-refractivity contribution < 1.29 is 15.6 Å². The van der Waals surface area contributed by atoms with Crippen LogP contribution in [0, 0.1) is 23.7 Å². The van der Waals surface area contributed by atoms with E-state index in [0.717, 1.165) is 24.2 Å². The van der Waals surface area contributed by atoms with Crippen LogP contribution in [-0.2, 0) is 21.0 Å². The van der Waals surface area contributed by atoms with Crippen LogP contribution in [0.3, 0.4) is 0 Å². The average molecular weight is 850 g/mol. The second-order valence-corrected chi connectivity index (χ2v) is 61.8. The standard InChI is InChI=1S/C26H27.C22H25.C2H7Si.2ClH.Zr/c1-17-9-22-3-2-4-24(25(22)10-17)21-5-7-23(8-6-21)26-14-18-11-19(15-26)13-20(12-18)16-26;1-5-16(4)20-13-19-7-6-8-21(22(19)14-20)18-11-9-17(10-12-18)15(2)3;1-3-2;;;/h2-10,18-20H,11-16H2,1H3;6-16H,5H2,1-4H3;3H,1-2H3;2*1H;/q;;;;;+2/p-2. The summed E-state index contributed by atoms with van der Waals surface area (Å²) < 4.78 is 0.198. The maximum atomic E-state index is 8.77. The third-order valence-corrected chi connectivity index (χ3v) is 67.5. The molecule has 3 atom stereocenters. The Morgan fingerprint density at radius 3 is 1.69 bits per heavy atom. The van der Waals surface area contributed by atoms with Gasteiger partial charge >= 0.3 is 337 Å². The van der Waals surface area contributed by atoms with E-state index in [1.54, 1.807) is 5.56 Å². The minimum atomic E-state index is -4.86. The van der Waals surface area contributed by atoms with Gasteiger partial charge in [-0.05, 0) is 0 Å². The van der Waals surface area contributed by atoms with Crippen LogP contribution in [0.4, 0.5) is 0 Å². The molecule has 0 aliphatic heterocycles. The average Bonchev–Trinajstić information content (AvgIpc) is 3.73. The first-order chi connectivity index (χ1) is 25.8. The molecule has 0 radical (unpaired) electrons. The summed E-state index contributed by atoms with van der Waals surface area (Å²) in [5.41, 5.74) is 16.9. The third-order valence-electron chi connectivity index (χ3n) is 15.5. The molecule has 0 spiro atoms. The van der Waals surface area contributed by atoms with E-state index >= 15 is 0 Å². The first-order valence-electron chi connectivity index (χ1n) is 21.2. The van der Waals surface area contributed by atoms with Gasteiger partial charge in [-0.3, -0.25) is 0 Å². The second kappa shape index (κ2) is 13.6. The molecule has 0 amide bonds. The number of allylic oxidation sites excluding steroid dienone is 2. The zero-order valence-corrected chi connectivity index (χ0v) is 38.7. The normalized spacial score (nSPS) is 28.1. The molecule has 0 heterocycles. The number of rotatable bonds is 9. The van der Waals surface area contributed by atoms with Gasteiger partial charge in [0.1, 0.15) is 0 Å². The molecule has 54 heavy (non-hydrogen) atoms. The van der Waals surface area contributed by atoms with Gasteiger partial charge in [-0.15, -0.1) is 0 Å². The van der Waals surface area contributed by atoms with E-state index in [0.29, 0.717) is 17.3 Å². The Bertz CT molecular complexity index is 2140. The van der Waals surface area contributed by atoms with Crippen LogP contribution in [-0.4, -0.2) is 5.92 Å². The molecule has 4 saturated carbocycles. The van der Waals surface area contributed by atoms with Crippen LogP contribution in [0.1, 0.15) is 126 Å². The van der Waals surface area contributed by atoms with Gasteiger partial charge in [-0.2, -0.15) is 0 Å². The fourth-order valence-corrected chi connectivity index (χ4v) is 44.9. The van der Waals surface area contributed by atoms with E-state index in [-0.39, 0.29) is 7.25 Å². The molecule has 6 aliphatic rings. The monoisotopic (exact) mass is 847 g/mol. The number of hydrogen-bond acceptors (Lipinski definition) is 0. The predicted octanol–water partition coefficient (Wildman–Crippen LogP) is 15.2. The molecule has 4 bridgehead atoms. The summed E-state index contributed by atoms with van der Waals surface area (Å²) in [5.74, 6) is 2.14. The second-order valence-electron chi connectivity index (χ2n) is 19.3. The fourth-order valence-electron chi connectivity index (χ4n) is 12.8. The van der Waals surface area contributed by atoms with E-state index in [9.17, 15) is 0 Å². The molecule has 6 aliphatic carbocycles. The van der Waals surface area contributed by atoms with Gasteiger partial charge in [0, 0.05) is 0 Å². The Kier molecular flexibility index (Phi) is 9.45. The SMILES string of the molecule is CCC(C)C1=Cc2c(-c3ccc(C(C)C)cc3)cccc2[CH]1[Zr]([Cl])([Cl])([CH]1C(C)=Cc2c(-c3ccc(C45CC6CC(CC(C6)C4)C5)cc3)cccc21)[SiH](C)C. The van der Waals surface area contributed by atoms with Gasteiger partial charge in [-0.25, -0.2) is 0 Å². The topological polar surface area (TPSA) is 0 Å². The number of fused-ring (bicyclic) bond motifs is 2. The summed E-state index contributed by atoms with van der Waals surface area (Å²) in [6, 6.07) is 33.1. The fraction of sp³-hybridized carbons (Fsp3) is 0.440. The molecule has 4 aromatic carbocycles. The van der Waals surface area contributed by atoms with Crippen LogP contribution in [0.15, 0.2) is 96.1 Å². The van der Waals surface area contributed by atoms with Crippen molar-refractivity contribution in [2.24, 2.45) is 23.7 Å². The Hall–Kier alpha value is -1.96. The molecular weight excluding hydrogens is 791 g/mol. The summed E-state index contributed by atoms with van der Waals surface area (Å²) in [7, 11) is 17.5. The van der Waals surface area contributed by atoms with E-state index in [2.05, 4.69) is 145 Å². The maximum absolute atomic E-state index is 8.77. The molecular formula is C50H59Cl2SiZr. The van der Waals surface area contributed by atoms with E-state index < -0.39 is 21.5 Å². The zero-order chi connectivity index (χ0) is 37.8. The molecule has 0 saturated heterocycles. The Balaban J connectivity index is 1.13. The first-order valence-corrected chi connectivity index (χ1v) is 37.6. The Morgan fingerprint density at radius 1 is 0.685 bits per heavy atom. The number of halogens is 2. The van der Waals surface area contributed by atoms with Crippen molar-refractivity contribution in [3.63, 3.8) is 0 Å². The van der Waals surface area contributed by atoms with Gasteiger partial charge < -0.3 is 0 Å². The van der Waals surface area contributed by atoms with Crippen molar-refractivity contribution in [1.82, 2.24) is 0 Å². The summed E-state index contributed by atoms with van der Waals surface area (Å²) in [5, 5.41) is 0. The van der Waals surface area contributed by atoms with Crippen molar-refractivity contribution in [2.45, 2.75) is 111 Å². The molecule has 4 fully saturated rings. The molecule has 281 valence electrons. The Morgan fingerprint density at radius 2 is 1.19 bits per heavy atom. The first kappa shape index (κ1) is 37.6.